The summed E-state index contributed by atoms with van der Waals surface area (Å²) in [7, 11) is 0. The van der Waals surface area contributed by atoms with E-state index in [0.717, 1.165) is 22.4 Å². The molecule has 1 aliphatic heterocycles. The summed E-state index contributed by atoms with van der Waals surface area (Å²) < 4.78 is 2.45. The van der Waals surface area contributed by atoms with Crippen molar-refractivity contribution in [3.63, 3.8) is 0 Å². The Morgan fingerprint density at radius 3 is 2.39 bits per heavy atom. The molecule has 1 aromatic heterocycles. The van der Waals surface area contributed by atoms with Crippen LogP contribution in [0.2, 0.25) is 5.02 Å². The van der Waals surface area contributed by atoms with Crippen LogP contribution in [0.25, 0.3) is 11.8 Å². The molecule has 1 atom stereocenters. The van der Waals surface area contributed by atoms with Crippen LogP contribution in [-0.2, 0) is 0 Å². The molecule has 5 rings (SSSR count). The third-order valence-corrected chi connectivity index (χ3v) is 6.54. The van der Waals surface area contributed by atoms with E-state index in [1.807, 2.05) is 84.9 Å². The number of aromatic nitrogens is 1. The van der Waals surface area contributed by atoms with Gasteiger partial charge in [-0.2, -0.15) is 0 Å². The predicted octanol–water partition coefficient (Wildman–Crippen LogP) is 4.96. The molecule has 1 aliphatic rings. The molecule has 0 radical (unpaired) electrons. The Kier molecular flexibility index (Phi) is 5.18. The Morgan fingerprint density at radius 1 is 0.968 bits per heavy atom. The van der Waals surface area contributed by atoms with E-state index in [9.17, 15) is 4.79 Å². The number of fused-ring (bicyclic) bond motifs is 1. The van der Waals surface area contributed by atoms with E-state index < -0.39 is 0 Å². The molecule has 0 aliphatic carbocycles. The second-order valence-electron chi connectivity index (χ2n) is 7.51. The summed E-state index contributed by atoms with van der Waals surface area (Å²) >= 11 is 7.53. The molecule has 1 unspecified atom stereocenters. The summed E-state index contributed by atoms with van der Waals surface area (Å²) in [5.41, 5.74) is 5.04. The minimum absolute atomic E-state index is 0.0346. The van der Waals surface area contributed by atoms with Crippen molar-refractivity contribution < 1.29 is 0 Å². The summed E-state index contributed by atoms with van der Waals surface area (Å²) in [5, 5.41) is 0.669. The second-order valence-corrected chi connectivity index (χ2v) is 8.95. The van der Waals surface area contributed by atoms with Gasteiger partial charge in [0.05, 0.1) is 16.3 Å². The lowest BCUT2D eigenvalue weighted by Crippen LogP contribution is -2.36. The Bertz CT molecular complexity index is 1450. The fourth-order valence-corrected chi connectivity index (χ4v) is 4.81. The number of thiazole rings is 1. The fraction of sp³-hybridized carbons (Fsp3) is 0.0769. The Morgan fingerprint density at radius 2 is 1.68 bits per heavy atom. The summed E-state index contributed by atoms with van der Waals surface area (Å²) in [6, 6.07) is 25.6. The number of benzene rings is 3. The van der Waals surface area contributed by atoms with Gasteiger partial charge in [0, 0.05) is 5.02 Å². The van der Waals surface area contributed by atoms with Crippen LogP contribution >= 0.6 is 22.9 Å². The zero-order chi connectivity index (χ0) is 21.4. The van der Waals surface area contributed by atoms with Crippen molar-refractivity contribution in [1.82, 2.24) is 4.57 Å². The normalized spacial score (nSPS) is 15.9. The third kappa shape index (κ3) is 3.92. The minimum Gasteiger partial charge on any atom is -0.272 e. The number of halogens is 1. The quantitative estimate of drug-likeness (QED) is 0.441. The standard InChI is InChI=1S/C26H19ClN2OS/c1-17-7-9-18(10-8-17)15-24-25(30)29-23(20-11-13-21(27)14-12-20)16-22(28-26(29)31-24)19-5-3-2-4-6-19/h2-16,23H,1H3. The highest BCUT2D eigenvalue weighted by Crippen LogP contribution is 2.27. The van der Waals surface area contributed by atoms with Gasteiger partial charge in [-0.3, -0.25) is 9.36 Å². The van der Waals surface area contributed by atoms with Crippen LogP contribution in [0.1, 0.15) is 28.3 Å². The maximum atomic E-state index is 13.4. The number of allylic oxidation sites excluding steroid dienone is 1. The zero-order valence-electron chi connectivity index (χ0n) is 16.8. The average Bonchev–Trinajstić information content (AvgIpc) is 3.11. The van der Waals surface area contributed by atoms with Crippen molar-refractivity contribution in [3.05, 3.63) is 132 Å². The van der Waals surface area contributed by atoms with Crippen LogP contribution < -0.4 is 14.9 Å². The lowest BCUT2D eigenvalue weighted by Gasteiger charge is -2.19. The van der Waals surface area contributed by atoms with E-state index in [2.05, 4.69) is 13.0 Å². The van der Waals surface area contributed by atoms with Crippen LogP contribution in [0.4, 0.5) is 0 Å². The topological polar surface area (TPSA) is 34.4 Å². The van der Waals surface area contributed by atoms with Gasteiger partial charge in [-0.25, -0.2) is 4.99 Å². The van der Waals surface area contributed by atoms with Gasteiger partial charge in [0.1, 0.15) is 0 Å². The van der Waals surface area contributed by atoms with Crippen molar-refractivity contribution in [3.8, 4) is 0 Å². The molecule has 4 aromatic rings. The highest BCUT2D eigenvalue weighted by Gasteiger charge is 2.22. The van der Waals surface area contributed by atoms with Gasteiger partial charge in [-0.15, -0.1) is 0 Å². The van der Waals surface area contributed by atoms with Gasteiger partial charge < -0.3 is 0 Å². The molecule has 5 heteroatoms. The zero-order valence-corrected chi connectivity index (χ0v) is 18.4. The van der Waals surface area contributed by atoms with Crippen molar-refractivity contribution in [1.29, 1.82) is 0 Å². The third-order valence-electron chi connectivity index (χ3n) is 5.30. The SMILES string of the molecule is Cc1ccc(C=c2sc3n(c2=O)C(c2ccc(Cl)cc2)C=C(c2ccccc2)N=3)cc1. The van der Waals surface area contributed by atoms with Crippen LogP contribution in [0.3, 0.4) is 0 Å². The van der Waals surface area contributed by atoms with Gasteiger partial charge in [0.15, 0.2) is 4.80 Å². The lowest BCUT2D eigenvalue weighted by molar-refractivity contribution is 0.644. The molecule has 0 spiro atoms. The van der Waals surface area contributed by atoms with Crippen molar-refractivity contribution in [2.45, 2.75) is 13.0 Å². The smallest absolute Gasteiger partial charge is 0.271 e. The maximum Gasteiger partial charge on any atom is 0.271 e. The second kappa shape index (κ2) is 8.14. The molecular weight excluding hydrogens is 424 g/mol. The van der Waals surface area contributed by atoms with Gasteiger partial charge in [-0.1, -0.05) is 95.2 Å². The molecule has 0 saturated carbocycles. The van der Waals surface area contributed by atoms with Crippen LogP contribution in [-0.4, -0.2) is 4.57 Å². The number of rotatable bonds is 3. The first-order valence-electron chi connectivity index (χ1n) is 10.00. The van der Waals surface area contributed by atoms with Crippen LogP contribution in [0.15, 0.2) is 94.7 Å². The molecule has 0 bridgehead atoms. The Balaban J connectivity index is 1.72. The Hall–Kier alpha value is -3.21. The lowest BCUT2D eigenvalue weighted by atomic mass is 10.0. The molecule has 0 fully saturated rings. The molecule has 0 N–H and O–H groups in total. The highest BCUT2D eigenvalue weighted by molar-refractivity contribution is 7.07. The summed E-state index contributed by atoms with van der Waals surface area (Å²) in [5.74, 6) is 0. The molecule has 3 aromatic carbocycles. The molecule has 152 valence electrons. The monoisotopic (exact) mass is 442 g/mol. The van der Waals surface area contributed by atoms with Crippen LogP contribution in [0, 0.1) is 6.92 Å². The summed E-state index contributed by atoms with van der Waals surface area (Å²) in [6.45, 7) is 2.05. The number of hydrogen-bond donors (Lipinski definition) is 0. The average molecular weight is 443 g/mol. The molecule has 2 heterocycles. The molecule has 0 amide bonds. The van der Waals surface area contributed by atoms with Gasteiger partial charge in [0.25, 0.3) is 5.56 Å². The van der Waals surface area contributed by atoms with Crippen molar-refractivity contribution in [2.24, 2.45) is 4.99 Å². The summed E-state index contributed by atoms with van der Waals surface area (Å²) in [6.07, 6.45) is 3.99. The number of hydrogen-bond acceptors (Lipinski definition) is 3. The number of nitrogens with zero attached hydrogens (tertiary/aromatic N) is 2. The Labute approximate surface area is 188 Å². The molecule has 31 heavy (non-hydrogen) atoms. The van der Waals surface area contributed by atoms with Crippen LogP contribution in [0.5, 0.6) is 0 Å². The minimum atomic E-state index is -0.246. The number of aryl methyl sites for hydroxylation is 1. The highest BCUT2D eigenvalue weighted by atomic mass is 35.5. The van der Waals surface area contributed by atoms with E-state index in [4.69, 9.17) is 16.6 Å². The van der Waals surface area contributed by atoms with Gasteiger partial charge >= 0.3 is 0 Å². The van der Waals surface area contributed by atoms with Gasteiger partial charge in [0.2, 0.25) is 0 Å². The van der Waals surface area contributed by atoms with E-state index in [-0.39, 0.29) is 11.6 Å². The summed E-state index contributed by atoms with van der Waals surface area (Å²) in [4.78, 5) is 18.9. The van der Waals surface area contributed by atoms with E-state index in [1.54, 1.807) is 4.57 Å². The van der Waals surface area contributed by atoms with Crippen molar-refractivity contribution in [2.75, 3.05) is 0 Å². The van der Waals surface area contributed by atoms with Crippen molar-refractivity contribution >= 4 is 34.7 Å². The van der Waals surface area contributed by atoms with E-state index in [0.29, 0.717) is 14.4 Å². The van der Waals surface area contributed by atoms with E-state index >= 15 is 0 Å². The first-order valence-corrected chi connectivity index (χ1v) is 11.2. The first-order chi connectivity index (χ1) is 15.1. The van der Waals surface area contributed by atoms with E-state index in [1.165, 1.54) is 16.9 Å². The molecular formula is C26H19ClN2OS. The first kappa shape index (κ1) is 19.7. The fourth-order valence-electron chi connectivity index (χ4n) is 3.66. The predicted molar refractivity (Wildman–Crippen MR) is 128 cm³/mol. The van der Waals surface area contributed by atoms with Gasteiger partial charge in [-0.05, 0) is 47.9 Å². The largest absolute Gasteiger partial charge is 0.272 e. The molecule has 0 saturated heterocycles. The maximum absolute atomic E-state index is 13.4. The molecule has 3 nitrogen and oxygen atoms in total.